The summed E-state index contributed by atoms with van der Waals surface area (Å²) in [6.07, 6.45) is 0. The molecule has 0 aromatic heterocycles. The van der Waals surface area contributed by atoms with Gasteiger partial charge in [0.2, 0.25) is 0 Å². The highest BCUT2D eigenvalue weighted by atomic mass is 19.1. The third-order valence-electron chi connectivity index (χ3n) is 2.12. The van der Waals surface area contributed by atoms with Crippen molar-refractivity contribution in [2.24, 2.45) is 11.7 Å². The normalized spacial score (nSPS) is 12.9. The van der Waals surface area contributed by atoms with Crippen molar-refractivity contribution in [3.8, 4) is 5.75 Å². The number of rotatable bonds is 4. The van der Waals surface area contributed by atoms with E-state index in [1.54, 1.807) is 18.2 Å². The van der Waals surface area contributed by atoms with Crippen molar-refractivity contribution in [2.45, 2.75) is 19.9 Å². The number of ether oxygens (including phenoxy) is 1. The molecular formula is C11H16FNO. The Bertz CT molecular complexity index is 288. The summed E-state index contributed by atoms with van der Waals surface area (Å²) in [4.78, 5) is 0. The van der Waals surface area contributed by atoms with Gasteiger partial charge in [-0.3, -0.25) is 0 Å². The molecule has 1 rings (SSSR count). The summed E-state index contributed by atoms with van der Waals surface area (Å²) in [5.41, 5.74) is 5.77. The van der Waals surface area contributed by atoms with Gasteiger partial charge in [-0.15, -0.1) is 0 Å². The van der Waals surface area contributed by atoms with Crippen LogP contribution in [0.3, 0.4) is 0 Å². The third kappa shape index (κ3) is 3.00. The first kappa shape index (κ1) is 11.0. The van der Waals surface area contributed by atoms with Gasteiger partial charge in [-0.2, -0.15) is 0 Å². The summed E-state index contributed by atoms with van der Waals surface area (Å²) in [5, 5.41) is 0. The number of nitrogens with two attached hydrogens (primary N) is 1. The minimum atomic E-state index is -0.344. The summed E-state index contributed by atoms with van der Waals surface area (Å²) in [6, 6.07) is 6.28. The molecule has 14 heavy (non-hydrogen) atoms. The second kappa shape index (κ2) is 4.96. The van der Waals surface area contributed by atoms with Crippen LogP contribution in [0.1, 0.15) is 13.8 Å². The van der Waals surface area contributed by atoms with Crippen LogP contribution in [0, 0.1) is 11.7 Å². The Morgan fingerprint density at radius 2 is 2.00 bits per heavy atom. The average Bonchev–Trinajstić information content (AvgIpc) is 2.16. The minimum Gasteiger partial charge on any atom is -0.489 e. The van der Waals surface area contributed by atoms with Gasteiger partial charge in [-0.25, -0.2) is 4.39 Å². The highest BCUT2D eigenvalue weighted by Crippen LogP contribution is 2.15. The molecule has 0 saturated heterocycles. The highest BCUT2D eigenvalue weighted by molar-refractivity contribution is 5.23. The summed E-state index contributed by atoms with van der Waals surface area (Å²) in [5.74, 6) is 0.258. The number of hydrogen-bond acceptors (Lipinski definition) is 2. The molecule has 1 aromatic carbocycles. The molecule has 1 aromatic rings. The van der Waals surface area contributed by atoms with Crippen LogP contribution >= 0.6 is 0 Å². The molecule has 3 heteroatoms. The van der Waals surface area contributed by atoms with E-state index in [9.17, 15) is 4.39 Å². The van der Waals surface area contributed by atoms with Crippen LogP contribution in [-0.4, -0.2) is 12.6 Å². The lowest BCUT2D eigenvalue weighted by atomic mass is 10.1. The van der Waals surface area contributed by atoms with Crippen LogP contribution in [0.4, 0.5) is 4.39 Å². The van der Waals surface area contributed by atoms with Gasteiger partial charge in [-0.1, -0.05) is 26.0 Å². The molecular weight excluding hydrogens is 181 g/mol. The van der Waals surface area contributed by atoms with Crippen LogP contribution in [0.2, 0.25) is 0 Å². The molecule has 0 aliphatic rings. The van der Waals surface area contributed by atoms with E-state index < -0.39 is 0 Å². The molecule has 0 radical (unpaired) electrons. The Kier molecular flexibility index (Phi) is 3.89. The maximum Gasteiger partial charge on any atom is 0.165 e. The van der Waals surface area contributed by atoms with E-state index in [0.717, 1.165) is 0 Å². The number of benzene rings is 1. The zero-order valence-electron chi connectivity index (χ0n) is 8.53. The van der Waals surface area contributed by atoms with Gasteiger partial charge in [0.15, 0.2) is 11.6 Å². The van der Waals surface area contributed by atoms with E-state index in [4.69, 9.17) is 10.5 Å². The average molecular weight is 197 g/mol. The maximum atomic E-state index is 13.1. The second-order valence-electron chi connectivity index (χ2n) is 3.65. The fourth-order valence-electron chi connectivity index (χ4n) is 0.940. The van der Waals surface area contributed by atoms with Crippen LogP contribution < -0.4 is 10.5 Å². The monoisotopic (exact) mass is 197 g/mol. The van der Waals surface area contributed by atoms with Gasteiger partial charge in [0.25, 0.3) is 0 Å². The van der Waals surface area contributed by atoms with E-state index in [1.165, 1.54) is 6.07 Å². The van der Waals surface area contributed by atoms with E-state index in [-0.39, 0.29) is 17.6 Å². The Hall–Kier alpha value is -1.09. The fraction of sp³-hybridized carbons (Fsp3) is 0.455. The van der Waals surface area contributed by atoms with E-state index in [0.29, 0.717) is 12.5 Å². The Morgan fingerprint density at radius 3 is 2.57 bits per heavy atom. The number of halogens is 1. The molecule has 0 bridgehead atoms. The lowest BCUT2D eigenvalue weighted by molar-refractivity contribution is 0.249. The molecule has 0 amide bonds. The van der Waals surface area contributed by atoms with Gasteiger partial charge >= 0.3 is 0 Å². The topological polar surface area (TPSA) is 35.2 Å². The smallest absolute Gasteiger partial charge is 0.165 e. The Balaban J connectivity index is 2.50. The quantitative estimate of drug-likeness (QED) is 0.803. The third-order valence-corrected chi connectivity index (χ3v) is 2.12. The predicted molar refractivity (Wildman–Crippen MR) is 54.7 cm³/mol. The molecule has 0 spiro atoms. The van der Waals surface area contributed by atoms with Crippen LogP contribution in [0.25, 0.3) is 0 Å². The molecule has 2 nitrogen and oxygen atoms in total. The van der Waals surface area contributed by atoms with Crippen LogP contribution in [0.15, 0.2) is 24.3 Å². The SMILES string of the molecule is CC(C)[C@H](N)COc1ccccc1F. The predicted octanol–water partition coefficient (Wildman–Crippen LogP) is 2.19. The largest absolute Gasteiger partial charge is 0.489 e. The first-order chi connectivity index (χ1) is 6.61. The second-order valence-corrected chi connectivity index (χ2v) is 3.65. The molecule has 0 aliphatic heterocycles. The van der Waals surface area contributed by atoms with Crippen LogP contribution in [0.5, 0.6) is 5.75 Å². The van der Waals surface area contributed by atoms with Crippen molar-refractivity contribution in [3.63, 3.8) is 0 Å². The summed E-state index contributed by atoms with van der Waals surface area (Å²) >= 11 is 0. The Morgan fingerprint density at radius 1 is 1.36 bits per heavy atom. The Labute approximate surface area is 83.9 Å². The number of para-hydroxylation sites is 1. The summed E-state index contributed by atoms with van der Waals surface area (Å²) < 4.78 is 18.3. The first-order valence-electron chi connectivity index (χ1n) is 4.74. The van der Waals surface area contributed by atoms with Gasteiger partial charge in [0.05, 0.1) is 0 Å². The molecule has 0 aliphatic carbocycles. The number of hydrogen-bond donors (Lipinski definition) is 1. The summed E-state index contributed by atoms with van der Waals surface area (Å²) in [6.45, 7) is 4.36. The molecule has 0 fully saturated rings. The van der Waals surface area contributed by atoms with Crippen molar-refractivity contribution >= 4 is 0 Å². The van der Waals surface area contributed by atoms with Crippen molar-refractivity contribution < 1.29 is 9.13 Å². The standard InChI is InChI=1S/C11H16FNO/c1-8(2)10(13)7-14-11-6-4-3-5-9(11)12/h3-6,8,10H,7,13H2,1-2H3/t10-/m1/s1. The highest BCUT2D eigenvalue weighted by Gasteiger charge is 2.09. The van der Waals surface area contributed by atoms with Crippen molar-refractivity contribution in [1.82, 2.24) is 0 Å². The van der Waals surface area contributed by atoms with Gasteiger partial charge in [0, 0.05) is 6.04 Å². The summed E-state index contributed by atoms with van der Waals surface area (Å²) in [7, 11) is 0. The lowest BCUT2D eigenvalue weighted by Gasteiger charge is -2.16. The van der Waals surface area contributed by atoms with E-state index in [2.05, 4.69) is 0 Å². The van der Waals surface area contributed by atoms with E-state index >= 15 is 0 Å². The fourth-order valence-corrected chi connectivity index (χ4v) is 0.940. The van der Waals surface area contributed by atoms with Crippen LogP contribution in [-0.2, 0) is 0 Å². The van der Waals surface area contributed by atoms with E-state index in [1.807, 2.05) is 13.8 Å². The van der Waals surface area contributed by atoms with Crippen molar-refractivity contribution in [2.75, 3.05) is 6.61 Å². The molecule has 0 heterocycles. The van der Waals surface area contributed by atoms with Gasteiger partial charge < -0.3 is 10.5 Å². The molecule has 1 atom stereocenters. The van der Waals surface area contributed by atoms with Gasteiger partial charge in [0.1, 0.15) is 6.61 Å². The maximum absolute atomic E-state index is 13.1. The first-order valence-corrected chi connectivity index (χ1v) is 4.74. The molecule has 0 saturated carbocycles. The minimum absolute atomic E-state index is 0.0605. The molecule has 78 valence electrons. The lowest BCUT2D eigenvalue weighted by Crippen LogP contribution is -2.33. The van der Waals surface area contributed by atoms with Crippen molar-refractivity contribution in [3.05, 3.63) is 30.1 Å². The zero-order valence-corrected chi connectivity index (χ0v) is 8.53. The zero-order chi connectivity index (χ0) is 10.6. The molecule has 0 unspecified atom stereocenters. The molecule has 2 N–H and O–H groups in total. The van der Waals surface area contributed by atoms with Crippen molar-refractivity contribution in [1.29, 1.82) is 0 Å². The van der Waals surface area contributed by atoms with Gasteiger partial charge in [-0.05, 0) is 18.1 Å².